The molecule has 94 valence electrons. The van der Waals surface area contributed by atoms with E-state index in [4.69, 9.17) is 4.74 Å². The normalized spacial score (nSPS) is 12.2. The van der Waals surface area contributed by atoms with Crippen LogP contribution in [0.2, 0.25) is 0 Å². The second-order valence-electron chi connectivity index (χ2n) is 3.82. The number of ether oxygens (including phenoxy) is 1. The topological polar surface area (TPSA) is 60.3 Å². The van der Waals surface area contributed by atoms with Gasteiger partial charge in [0.25, 0.3) is 11.5 Å². The third-order valence-electron chi connectivity index (χ3n) is 2.44. The lowest BCUT2D eigenvalue weighted by Gasteiger charge is -2.11. The first-order valence-corrected chi connectivity index (χ1v) is 5.62. The molecular weight excluding hydrogens is 220 g/mol. The zero-order valence-corrected chi connectivity index (χ0v) is 10.4. The average Bonchev–Trinajstić information content (AvgIpc) is 2.32. The number of hydrogen-bond donors (Lipinski definition) is 1. The number of pyridine rings is 1. The lowest BCUT2D eigenvalue weighted by atomic mass is 10.3. The first kappa shape index (κ1) is 13.4. The Hall–Kier alpha value is -1.62. The van der Waals surface area contributed by atoms with Crippen molar-refractivity contribution >= 4 is 11.6 Å². The molecule has 1 heterocycles. The third-order valence-corrected chi connectivity index (χ3v) is 2.44. The Morgan fingerprint density at radius 1 is 1.53 bits per heavy atom. The van der Waals surface area contributed by atoms with Crippen LogP contribution < -0.4 is 10.9 Å². The van der Waals surface area contributed by atoms with Crippen LogP contribution >= 0.6 is 0 Å². The fourth-order valence-corrected chi connectivity index (χ4v) is 1.37. The highest BCUT2D eigenvalue weighted by molar-refractivity contribution is 5.93. The number of aromatic nitrogens is 1. The molecule has 1 N–H and O–H groups in total. The Labute approximate surface area is 100 Å². The molecule has 0 aliphatic carbocycles. The molecule has 0 aromatic carbocycles. The Bertz CT molecular complexity index is 440. The minimum atomic E-state index is -0.512. The van der Waals surface area contributed by atoms with Gasteiger partial charge in [-0.05, 0) is 19.4 Å². The number of carbonyl (C=O) groups excluding carboxylic acids is 1. The minimum absolute atomic E-state index is 0.0651. The third kappa shape index (κ3) is 3.71. The lowest BCUT2D eigenvalue weighted by Crippen LogP contribution is -2.27. The van der Waals surface area contributed by atoms with E-state index in [0.29, 0.717) is 12.2 Å². The summed E-state index contributed by atoms with van der Waals surface area (Å²) in [5.74, 6) is -0.228. The van der Waals surface area contributed by atoms with Crippen LogP contribution in [-0.2, 0) is 16.1 Å². The van der Waals surface area contributed by atoms with Gasteiger partial charge in [0.05, 0.1) is 5.69 Å². The number of anilines is 1. The highest BCUT2D eigenvalue weighted by Crippen LogP contribution is 2.05. The molecule has 0 saturated heterocycles. The van der Waals surface area contributed by atoms with Gasteiger partial charge in [0.2, 0.25) is 0 Å². The van der Waals surface area contributed by atoms with Crippen LogP contribution in [0.5, 0.6) is 0 Å². The van der Waals surface area contributed by atoms with Gasteiger partial charge in [0.15, 0.2) is 0 Å². The van der Waals surface area contributed by atoms with Gasteiger partial charge in [-0.1, -0.05) is 6.92 Å². The fraction of sp³-hybridized carbons (Fsp3) is 0.500. The lowest BCUT2D eigenvalue weighted by molar-refractivity contribution is -0.124. The second-order valence-corrected chi connectivity index (χ2v) is 3.82. The largest absolute Gasteiger partial charge is 0.372 e. The zero-order chi connectivity index (χ0) is 12.8. The van der Waals surface area contributed by atoms with E-state index in [2.05, 4.69) is 5.32 Å². The van der Waals surface area contributed by atoms with E-state index in [1.54, 1.807) is 23.8 Å². The maximum atomic E-state index is 11.6. The summed E-state index contributed by atoms with van der Waals surface area (Å²) < 4.78 is 6.48. The van der Waals surface area contributed by atoms with Crippen LogP contribution in [0.4, 0.5) is 5.69 Å². The number of methoxy groups -OCH3 is 1. The molecule has 0 bridgehead atoms. The predicted octanol–water partition coefficient (Wildman–Crippen LogP) is 1.23. The molecule has 17 heavy (non-hydrogen) atoms. The number of nitrogens with one attached hydrogen (secondary N) is 1. The number of rotatable bonds is 5. The molecule has 1 amide bonds. The first-order valence-electron chi connectivity index (χ1n) is 5.62. The SMILES string of the molecule is CCCn1cc(NC(=O)C(C)OC)ccc1=O. The van der Waals surface area contributed by atoms with Gasteiger partial charge < -0.3 is 14.6 Å². The fourth-order valence-electron chi connectivity index (χ4n) is 1.37. The smallest absolute Gasteiger partial charge is 0.253 e. The summed E-state index contributed by atoms with van der Waals surface area (Å²) in [6.07, 6.45) is 2.00. The molecule has 1 aromatic heterocycles. The summed E-state index contributed by atoms with van der Waals surface area (Å²) >= 11 is 0. The number of aryl methyl sites for hydroxylation is 1. The molecule has 0 spiro atoms. The van der Waals surface area contributed by atoms with Gasteiger partial charge in [-0.15, -0.1) is 0 Å². The van der Waals surface area contributed by atoms with Crippen molar-refractivity contribution in [1.29, 1.82) is 0 Å². The van der Waals surface area contributed by atoms with Crippen LogP contribution in [0.15, 0.2) is 23.1 Å². The van der Waals surface area contributed by atoms with E-state index in [-0.39, 0.29) is 11.5 Å². The van der Waals surface area contributed by atoms with E-state index in [1.807, 2.05) is 6.92 Å². The van der Waals surface area contributed by atoms with Crippen LogP contribution in [0, 0.1) is 0 Å². The standard InChI is InChI=1S/C12H18N2O3/c1-4-7-14-8-10(5-6-11(14)15)13-12(16)9(2)17-3/h5-6,8-9H,4,7H2,1-3H3,(H,13,16). The molecule has 0 aliphatic rings. The minimum Gasteiger partial charge on any atom is -0.372 e. The second kappa shape index (κ2) is 6.20. The van der Waals surface area contributed by atoms with Gasteiger partial charge in [-0.2, -0.15) is 0 Å². The number of nitrogens with zero attached hydrogens (tertiary/aromatic N) is 1. The summed E-state index contributed by atoms with van der Waals surface area (Å²) in [7, 11) is 1.47. The van der Waals surface area contributed by atoms with Gasteiger partial charge in [-0.3, -0.25) is 9.59 Å². The Morgan fingerprint density at radius 3 is 2.82 bits per heavy atom. The first-order chi connectivity index (χ1) is 8.08. The number of carbonyl (C=O) groups is 1. The van der Waals surface area contributed by atoms with E-state index in [0.717, 1.165) is 6.42 Å². The van der Waals surface area contributed by atoms with Gasteiger partial charge in [-0.25, -0.2) is 0 Å². The van der Waals surface area contributed by atoms with E-state index in [1.165, 1.54) is 13.2 Å². The number of hydrogen-bond acceptors (Lipinski definition) is 3. The molecule has 1 rings (SSSR count). The van der Waals surface area contributed by atoms with Gasteiger partial charge in [0, 0.05) is 25.9 Å². The van der Waals surface area contributed by atoms with E-state index in [9.17, 15) is 9.59 Å². The zero-order valence-electron chi connectivity index (χ0n) is 10.4. The molecule has 5 heteroatoms. The highest BCUT2D eigenvalue weighted by atomic mass is 16.5. The quantitative estimate of drug-likeness (QED) is 0.839. The molecule has 0 fully saturated rings. The van der Waals surface area contributed by atoms with Crippen LogP contribution in [-0.4, -0.2) is 23.7 Å². The van der Waals surface area contributed by atoms with Crippen molar-refractivity contribution in [2.75, 3.05) is 12.4 Å². The summed E-state index contributed by atoms with van der Waals surface area (Å²) in [6, 6.07) is 3.04. The van der Waals surface area contributed by atoms with Gasteiger partial charge in [0.1, 0.15) is 6.10 Å². The van der Waals surface area contributed by atoms with Gasteiger partial charge >= 0.3 is 0 Å². The Kier molecular flexibility index (Phi) is 4.90. The number of amides is 1. The molecule has 5 nitrogen and oxygen atoms in total. The Balaban J connectivity index is 2.82. The molecule has 1 atom stereocenters. The Morgan fingerprint density at radius 2 is 2.24 bits per heavy atom. The van der Waals surface area contributed by atoms with Crippen LogP contribution in [0.1, 0.15) is 20.3 Å². The summed E-state index contributed by atoms with van der Waals surface area (Å²) in [6.45, 7) is 4.30. The van der Waals surface area contributed by atoms with Crippen molar-refractivity contribution in [3.05, 3.63) is 28.7 Å². The summed E-state index contributed by atoms with van der Waals surface area (Å²) in [5.41, 5.74) is 0.539. The van der Waals surface area contributed by atoms with E-state index >= 15 is 0 Å². The van der Waals surface area contributed by atoms with Crippen molar-refractivity contribution in [2.45, 2.75) is 32.9 Å². The van der Waals surface area contributed by atoms with E-state index < -0.39 is 6.10 Å². The summed E-state index contributed by atoms with van der Waals surface area (Å²) in [5, 5.41) is 2.69. The van der Waals surface area contributed by atoms with Crippen LogP contribution in [0.3, 0.4) is 0 Å². The average molecular weight is 238 g/mol. The molecule has 0 saturated carbocycles. The molecular formula is C12H18N2O3. The monoisotopic (exact) mass is 238 g/mol. The highest BCUT2D eigenvalue weighted by Gasteiger charge is 2.11. The van der Waals surface area contributed by atoms with Crippen LogP contribution in [0.25, 0.3) is 0 Å². The molecule has 1 aromatic rings. The van der Waals surface area contributed by atoms with Crippen molar-refractivity contribution in [2.24, 2.45) is 0 Å². The molecule has 1 unspecified atom stereocenters. The van der Waals surface area contributed by atoms with Crippen molar-refractivity contribution < 1.29 is 9.53 Å². The molecule has 0 aliphatic heterocycles. The molecule has 0 radical (unpaired) electrons. The van der Waals surface area contributed by atoms with Crippen molar-refractivity contribution in [3.63, 3.8) is 0 Å². The maximum Gasteiger partial charge on any atom is 0.253 e. The maximum absolute atomic E-state index is 11.6. The van der Waals surface area contributed by atoms with Crippen molar-refractivity contribution in [1.82, 2.24) is 4.57 Å². The van der Waals surface area contributed by atoms with Crippen molar-refractivity contribution in [3.8, 4) is 0 Å². The summed E-state index contributed by atoms with van der Waals surface area (Å²) in [4.78, 5) is 23.0. The predicted molar refractivity (Wildman–Crippen MR) is 66.1 cm³/mol.